The molecule has 3 rings (SSSR count). The zero-order chi connectivity index (χ0) is 12.6. The Balaban J connectivity index is 1.85. The normalized spacial score (nSPS) is 21.9. The van der Waals surface area contributed by atoms with E-state index in [4.69, 9.17) is 0 Å². The minimum Gasteiger partial charge on any atom is -0.380 e. The monoisotopic (exact) mass is 248 g/mol. The summed E-state index contributed by atoms with van der Waals surface area (Å²) < 4.78 is 1.99. The molecular formula is C14H24N4. The fraction of sp³-hybridized carbons (Fsp3) is 0.786. The highest BCUT2D eigenvalue weighted by Gasteiger charge is 2.35. The lowest BCUT2D eigenvalue weighted by atomic mass is 9.74. The number of nitrogens with zero attached hydrogens (tertiary/aromatic N) is 2. The summed E-state index contributed by atoms with van der Waals surface area (Å²) in [6.45, 7) is 4.37. The molecule has 0 amide bonds. The van der Waals surface area contributed by atoms with Crippen molar-refractivity contribution in [3.05, 3.63) is 5.69 Å². The van der Waals surface area contributed by atoms with Crippen molar-refractivity contribution in [2.45, 2.75) is 45.4 Å². The van der Waals surface area contributed by atoms with Crippen LogP contribution in [0.4, 0.5) is 11.5 Å². The summed E-state index contributed by atoms with van der Waals surface area (Å²) in [5.41, 5.74) is 2.89. The summed E-state index contributed by atoms with van der Waals surface area (Å²) in [7, 11) is 2.03. The van der Waals surface area contributed by atoms with Gasteiger partial charge in [-0.1, -0.05) is 26.2 Å². The Bertz CT molecular complexity index is 429. The fourth-order valence-electron chi connectivity index (χ4n) is 3.48. The summed E-state index contributed by atoms with van der Waals surface area (Å²) in [5, 5.41) is 11.9. The predicted octanol–water partition coefficient (Wildman–Crippen LogP) is 2.77. The lowest BCUT2D eigenvalue weighted by Gasteiger charge is -2.36. The van der Waals surface area contributed by atoms with Crippen LogP contribution in [0.1, 0.15) is 44.7 Å². The molecule has 100 valence electrons. The highest BCUT2D eigenvalue weighted by Crippen LogP contribution is 2.40. The number of aryl methyl sites for hydroxylation is 2. The maximum absolute atomic E-state index is 4.58. The third-order valence-corrected chi connectivity index (χ3v) is 4.64. The first kappa shape index (κ1) is 11.9. The molecule has 4 heteroatoms. The van der Waals surface area contributed by atoms with Crippen LogP contribution < -0.4 is 10.6 Å². The van der Waals surface area contributed by atoms with Gasteiger partial charge in [0.25, 0.3) is 0 Å². The standard InChI is InChI=1S/C14H24N4/c1-3-11-12-13(18(2)17-11)16-10-14(9-15-12)7-5-4-6-8-14/h15-16H,3-10H2,1-2H3. The molecule has 0 saturated heterocycles. The van der Waals surface area contributed by atoms with Gasteiger partial charge in [0, 0.05) is 25.6 Å². The molecule has 2 aliphatic rings. The Kier molecular flexibility index (Phi) is 2.96. The maximum atomic E-state index is 4.58. The Hall–Kier alpha value is -1.19. The van der Waals surface area contributed by atoms with Gasteiger partial charge < -0.3 is 10.6 Å². The smallest absolute Gasteiger partial charge is 0.148 e. The van der Waals surface area contributed by atoms with Crippen LogP contribution in [0.5, 0.6) is 0 Å². The quantitative estimate of drug-likeness (QED) is 0.803. The van der Waals surface area contributed by atoms with E-state index in [0.717, 1.165) is 19.5 Å². The number of anilines is 2. The van der Waals surface area contributed by atoms with Gasteiger partial charge in [-0.25, -0.2) is 0 Å². The summed E-state index contributed by atoms with van der Waals surface area (Å²) in [4.78, 5) is 0. The first-order valence-electron chi connectivity index (χ1n) is 7.28. The van der Waals surface area contributed by atoms with Crippen molar-refractivity contribution in [3.8, 4) is 0 Å². The predicted molar refractivity (Wildman–Crippen MR) is 75.1 cm³/mol. The van der Waals surface area contributed by atoms with E-state index in [0.29, 0.717) is 5.41 Å². The van der Waals surface area contributed by atoms with Crippen LogP contribution in [0, 0.1) is 5.41 Å². The van der Waals surface area contributed by atoms with Crippen LogP contribution in [0.3, 0.4) is 0 Å². The summed E-state index contributed by atoms with van der Waals surface area (Å²) in [6, 6.07) is 0. The Morgan fingerprint density at radius 2 is 1.89 bits per heavy atom. The third-order valence-electron chi connectivity index (χ3n) is 4.64. The molecule has 1 spiro atoms. The van der Waals surface area contributed by atoms with Crippen LogP contribution in [-0.2, 0) is 13.5 Å². The molecule has 0 radical (unpaired) electrons. The van der Waals surface area contributed by atoms with Gasteiger partial charge in [0.1, 0.15) is 11.5 Å². The number of hydrogen-bond acceptors (Lipinski definition) is 3. The lowest BCUT2D eigenvalue weighted by Crippen LogP contribution is -2.37. The van der Waals surface area contributed by atoms with E-state index in [2.05, 4.69) is 22.7 Å². The van der Waals surface area contributed by atoms with E-state index < -0.39 is 0 Å². The molecule has 1 aromatic rings. The van der Waals surface area contributed by atoms with Crippen LogP contribution in [0.25, 0.3) is 0 Å². The number of fused-ring (bicyclic) bond motifs is 1. The SMILES string of the molecule is CCc1nn(C)c2c1NCC1(CCCCC1)CN2. The van der Waals surface area contributed by atoms with E-state index in [1.807, 2.05) is 11.7 Å². The number of aromatic nitrogens is 2. The molecule has 2 N–H and O–H groups in total. The Labute approximate surface area is 109 Å². The van der Waals surface area contributed by atoms with Crippen molar-refractivity contribution in [1.82, 2.24) is 9.78 Å². The molecule has 1 saturated carbocycles. The minimum absolute atomic E-state index is 0.461. The number of rotatable bonds is 1. The van der Waals surface area contributed by atoms with Gasteiger partial charge >= 0.3 is 0 Å². The highest BCUT2D eigenvalue weighted by molar-refractivity contribution is 5.69. The van der Waals surface area contributed by atoms with Gasteiger partial charge in [-0.05, 0) is 19.3 Å². The molecule has 1 fully saturated rings. The van der Waals surface area contributed by atoms with Crippen molar-refractivity contribution < 1.29 is 0 Å². The van der Waals surface area contributed by atoms with E-state index in [9.17, 15) is 0 Å². The van der Waals surface area contributed by atoms with Crippen LogP contribution in [0.2, 0.25) is 0 Å². The van der Waals surface area contributed by atoms with Crippen LogP contribution >= 0.6 is 0 Å². The van der Waals surface area contributed by atoms with Gasteiger partial charge in [0.2, 0.25) is 0 Å². The summed E-state index contributed by atoms with van der Waals surface area (Å²) >= 11 is 0. The number of nitrogens with one attached hydrogen (secondary N) is 2. The maximum Gasteiger partial charge on any atom is 0.148 e. The molecule has 2 heterocycles. The van der Waals surface area contributed by atoms with Crippen molar-refractivity contribution in [2.75, 3.05) is 23.7 Å². The highest BCUT2D eigenvalue weighted by atomic mass is 15.3. The van der Waals surface area contributed by atoms with E-state index >= 15 is 0 Å². The van der Waals surface area contributed by atoms with Crippen molar-refractivity contribution >= 4 is 11.5 Å². The van der Waals surface area contributed by atoms with Gasteiger partial charge in [0.05, 0.1) is 5.69 Å². The zero-order valence-corrected chi connectivity index (χ0v) is 11.6. The van der Waals surface area contributed by atoms with Crippen molar-refractivity contribution in [1.29, 1.82) is 0 Å². The average Bonchev–Trinajstić information content (AvgIpc) is 2.59. The molecule has 1 aromatic heterocycles. The van der Waals surface area contributed by atoms with Crippen molar-refractivity contribution in [3.63, 3.8) is 0 Å². The van der Waals surface area contributed by atoms with Gasteiger partial charge in [0.15, 0.2) is 0 Å². The van der Waals surface area contributed by atoms with Crippen molar-refractivity contribution in [2.24, 2.45) is 12.5 Å². The Morgan fingerprint density at radius 3 is 2.61 bits per heavy atom. The molecule has 1 aliphatic carbocycles. The topological polar surface area (TPSA) is 41.9 Å². The van der Waals surface area contributed by atoms with E-state index in [1.165, 1.54) is 49.3 Å². The molecule has 1 aliphatic heterocycles. The van der Waals surface area contributed by atoms with E-state index in [-0.39, 0.29) is 0 Å². The van der Waals surface area contributed by atoms with Gasteiger partial charge in [-0.15, -0.1) is 0 Å². The molecule has 4 nitrogen and oxygen atoms in total. The molecule has 18 heavy (non-hydrogen) atoms. The minimum atomic E-state index is 0.461. The molecule has 0 unspecified atom stereocenters. The first-order chi connectivity index (χ1) is 8.74. The van der Waals surface area contributed by atoms with Crippen LogP contribution in [-0.4, -0.2) is 22.9 Å². The second kappa shape index (κ2) is 4.48. The second-order valence-electron chi connectivity index (χ2n) is 5.92. The largest absolute Gasteiger partial charge is 0.380 e. The number of hydrogen-bond donors (Lipinski definition) is 2. The van der Waals surface area contributed by atoms with Gasteiger partial charge in [-0.2, -0.15) is 5.10 Å². The van der Waals surface area contributed by atoms with Crippen LogP contribution in [0.15, 0.2) is 0 Å². The first-order valence-corrected chi connectivity index (χ1v) is 7.28. The summed E-state index contributed by atoms with van der Waals surface area (Å²) in [6.07, 6.45) is 7.89. The fourth-order valence-corrected chi connectivity index (χ4v) is 3.48. The average molecular weight is 248 g/mol. The second-order valence-corrected chi connectivity index (χ2v) is 5.92. The van der Waals surface area contributed by atoms with E-state index in [1.54, 1.807) is 0 Å². The molecule has 0 aromatic carbocycles. The molecule has 0 bridgehead atoms. The lowest BCUT2D eigenvalue weighted by molar-refractivity contribution is 0.223. The molecular weight excluding hydrogens is 224 g/mol. The third kappa shape index (κ3) is 1.88. The Morgan fingerprint density at radius 1 is 1.17 bits per heavy atom. The zero-order valence-electron chi connectivity index (χ0n) is 11.6. The van der Waals surface area contributed by atoms with Gasteiger partial charge in [-0.3, -0.25) is 4.68 Å². The molecule has 0 atom stereocenters. The summed E-state index contributed by atoms with van der Waals surface area (Å²) in [5.74, 6) is 1.18.